The summed E-state index contributed by atoms with van der Waals surface area (Å²) >= 11 is 0. The number of anilines is 3. The van der Waals surface area contributed by atoms with E-state index in [4.69, 9.17) is 5.73 Å². The van der Waals surface area contributed by atoms with Crippen LogP contribution in [0.4, 0.5) is 39.3 Å². The van der Waals surface area contributed by atoms with E-state index < -0.39 is 23.4 Å². The standard InChI is InChI=1S/C12H8F5N3/c13-7-2-1-3-8(11(7)14)19-10-5-6(12(15,16)17)4-9(18)20-10/h1-5H,(H3,18,19,20). The monoisotopic (exact) mass is 289 g/mol. The van der Waals surface area contributed by atoms with E-state index in [-0.39, 0.29) is 17.3 Å². The Morgan fingerprint density at radius 3 is 2.45 bits per heavy atom. The Hall–Kier alpha value is -2.38. The maximum Gasteiger partial charge on any atom is 0.416 e. The number of hydrogen-bond acceptors (Lipinski definition) is 3. The Morgan fingerprint density at radius 1 is 1.10 bits per heavy atom. The Balaban J connectivity index is 2.39. The molecule has 0 aliphatic carbocycles. The van der Waals surface area contributed by atoms with Crippen molar-refractivity contribution < 1.29 is 22.0 Å². The molecule has 3 N–H and O–H groups in total. The van der Waals surface area contributed by atoms with E-state index in [0.717, 1.165) is 12.1 Å². The number of nitrogens with zero attached hydrogens (tertiary/aromatic N) is 1. The molecular weight excluding hydrogens is 281 g/mol. The molecule has 3 nitrogen and oxygen atoms in total. The number of aromatic nitrogens is 1. The third-order valence-corrected chi connectivity index (χ3v) is 2.39. The Bertz CT molecular complexity index is 639. The van der Waals surface area contributed by atoms with Crippen molar-refractivity contribution in [3.63, 3.8) is 0 Å². The van der Waals surface area contributed by atoms with E-state index in [0.29, 0.717) is 12.1 Å². The summed E-state index contributed by atoms with van der Waals surface area (Å²) in [6.07, 6.45) is -4.62. The number of nitrogen functional groups attached to an aromatic ring is 1. The predicted octanol–water partition coefficient (Wildman–Crippen LogP) is 3.70. The Kier molecular flexibility index (Phi) is 3.47. The summed E-state index contributed by atoms with van der Waals surface area (Å²) in [7, 11) is 0. The molecule has 0 atom stereocenters. The summed E-state index contributed by atoms with van der Waals surface area (Å²) in [5, 5.41) is 2.26. The first-order chi connectivity index (χ1) is 9.27. The van der Waals surface area contributed by atoms with Gasteiger partial charge in [-0.3, -0.25) is 0 Å². The zero-order chi connectivity index (χ0) is 14.9. The van der Waals surface area contributed by atoms with Gasteiger partial charge in [-0.2, -0.15) is 13.2 Å². The molecule has 0 spiro atoms. The maximum atomic E-state index is 13.4. The lowest BCUT2D eigenvalue weighted by Crippen LogP contribution is -2.08. The van der Waals surface area contributed by atoms with Crippen LogP contribution in [0.1, 0.15) is 5.56 Å². The van der Waals surface area contributed by atoms with Crippen molar-refractivity contribution in [2.24, 2.45) is 0 Å². The van der Waals surface area contributed by atoms with Gasteiger partial charge in [0.15, 0.2) is 11.6 Å². The number of alkyl halides is 3. The van der Waals surface area contributed by atoms with E-state index in [2.05, 4.69) is 10.3 Å². The molecule has 1 aromatic carbocycles. The summed E-state index contributed by atoms with van der Waals surface area (Å²) in [5.41, 5.74) is 3.88. The number of nitrogens with one attached hydrogen (secondary N) is 1. The first kappa shape index (κ1) is 14.0. The number of hydrogen-bond donors (Lipinski definition) is 2. The van der Waals surface area contributed by atoms with Gasteiger partial charge in [0.25, 0.3) is 0 Å². The Morgan fingerprint density at radius 2 is 1.80 bits per heavy atom. The second-order valence-corrected chi connectivity index (χ2v) is 3.89. The van der Waals surface area contributed by atoms with Crippen LogP contribution in [0.2, 0.25) is 0 Å². The summed E-state index contributed by atoms with van der Waals surface area (Å²) in [5.74, 6) is -3.07. The lowest BCUT2D eigenvalue weighted by molar-refractivity contribution is -0.137. The average molecular weight is 289 g/mol. The third kappa shape index (κ3) is 2.95. The normalized spacial score (nSPS) is 11.4. The smallest absolute Gasteiger partial charge is 0.384 e. The lowest BCUT2D eigenvalue weighted by atomic mass is 10.2. The minimum atomic E-state index is -4.62. The van der Waals surface area contributed by atoms with Gasteiger partial charge in [0, 0.05) is 0 Å². The van der Waals surface area contributed by atoms with Gasteiger partial charge in [0.2, 0.25) is 0 Å². The zero-order valence-corrected chi connectivity index (χ0v) is 9.80. The van der Waals surface area contributed by atoms with Crippen LogP contribution < -0.4 is 11.1 Å². The average Bonchev–Trinajstić information content (AvgIpc) is 2.33. The van der Waals surface area contributed by atoms with Crippen LogP contribution >= 0.6 is 0 Å². The summed E-state index contributed by atoms with van der Waals surface area (Å²) < 4.78 is 64.1. The molecule has 1 heterocycles. The molecule has 0 unspecified atom stereocenters. The van der Waals surface area contributed by atoms with Gasteiger partial charge in [-0.05, 0) is 24.3 Å². The largest absolute Gasteiger partial charge is 0.416 e. The fourth-order valence-electron chi connectivity index (χ4n) is 1.52. The van der Waals surface area contributed by atoms with Crippen molar-refractivity contribution in [1.29, 1.82) is 0 Å². The molecule has 8 heteroatoms. The molecule has 0 amide bonds. The van der Waals surface area contributed by atoms with Crippen LogP contribution in [0, 0.1) is 11.6 Å². The van der Waals surface area contributed by atoms with Gasteiger partial charge in [-0.1, -0.05) is 6.07 Å². The third-order valence-electron chi connectivity index (χ3n) is 2.39. The minimum Gasteiger partial charge on any atom is -0.384 e. The van der Waals surface area contributed by atoms with Crippen LogP contribution in [0.15, 0.2) is 30.3 Å². The maximum absolute atomic E-state index is 13.4. The van der Waals surface area contributed by atoms with Crippen molar-refractivity contribution in [3.8, 4) is 0 Å². The first-order valence-corrected chi connectivity index (χ1v) is 5.33. The van der Waals surface area contributed by atoms with Crippen LogP contribution in [-0.4, -0.2) is 4.98 Å². The van der Waals surface area contributed by atoms with Crippen molar-refractivity contribution >= 4 is 17.3 Å². The molecule has 0 bridgehead atoms. The van der Waals surface area contributed by atoms with E-state index >= 15 is 0 Å². The molecule has 2 aromatic rings. The second kappa shape index (κ2) is 4.95. The van der Waals surface area contributed by atoms with E-state index in [9.17, 15) is 22.0 Å². The molecule has 0 radical (unpaired) electrons. The molecular formula is C12H8F5N3. The highest BCUT2D eigenvalue weighted by atomic mass is 19.4. The molecule has 0 saturated heterocycles. The highest BCUT2D eigenvalue weighted by Gasteiger charge is 2.31. The quantitative estimate of drug-likeness (QED) is 0.829. The van der Waals surface area contributed by atoms with Crippen molar-refractivity contribution in [3.05, 3.63) is 47.5 Å². The highest BCUT2D eigenvalue weighted by molar-refractivity contribution is 5.59. The fourth-order valence-corrected chi connectivity index (χ4v) is 1.52. The number of halogens is 5. The molecule has 106 valence electrons. The number of nitrogens with two attached hydrogens (primary N) is 1. The summed E-state index contributed by atoms with van der Waals surface area (Å²) in [4.78, 5) is 3.59. The van der Waals surface area contributed by atoms with Gasteiger partial charge in [0.05, 0.1) is 11.3 Å². The highest BCUT2D eigenvalue weighted by Crippen LogP contribution is 2.32. The predicted molar refractivity (Wildman–Crippen MR) is 63.3 cm³/mol. The molecule has 0 aliphatic heterocycles. The topological polar surface area (TPSA) is 50.9 Å². The number of pyridine rings is 1. The fraction of sp³-hybridized carbons (Fsp3) is 0.0833. The first-order valence-electron chi connectivity index (χ1n) is 5.33. The SMILES string of the molecule is Nc1cc(C(F)(F)F)cc(Nc2cccc(F)c2F)n1. The van der Waals surface area contributed by atoms with Gasteiger partial charge < -0.3 is 11.1 Å². The van der Waals surface area contributed by atoms with E-state index in [1.165, 1.54) is 6.07 Å². The zero-order valence-electron chi connectivity index (χ0n) is 9.80. The molecule has 2 rings (SSSR count). The number of benzene rings is 1. The Labute approximate surface area is 110 Å². The van der Waals surface area contributed by atoms with Crippen LogP contribution in [-0.2, 0) is 6.18 Å². The van der Waals surface area contributed by atoms with E-state index in [1.807, 2.05) is 0 Å². The number of rotatable bonds is 2. The van der Waals surface area contributed by atoms with Gasteiger partial charge in [0.1, 0.15) is 11.6 Å². The van der Waals surface area contributed by atoms with Gasteiger partial charge in [-0.15, -0.1) is 0 Å². The van der Waals surface area contributed by atoms with Crippen LogP contribution in [0.25, 0.3) is 0 Å². The molecule has 1 aromatic heterocycles. The molecule has 0 saturated carbocycles. The van der Waals surface area contributed by atoms with E-state index in [1.54, 1.807) is 0 Å². The summed E-state index contributed by atoms with van der Waals surface area (Å²) in [6, 6.07) is 4.55. The minimum absolute atomic E-state index is 0.332. The molecule has 0 aliphatic rings. The van der Waals surface area contributed by atoms with Gasteiger partial charge in [-0.25, -0.2) is 13.8 Å². The second-order valence-electron chi connectivity index (χ2n) is 3.89. The molecule has 20 heavy (non-hydrogen) atoms. The van der Waals surface area contributed by atoms with Crippen molar-refractivity contribution in [1.82, 2.24) is 4.98 Å². The van der Waals surface area contributed by atoms with Gasteiger partial charge >= 0.3 is 6.18 Å². The molecule has 0 fully saturated rings. The summed E-state index contributed by atoms with van der Waals surface area (Å²) in [6.45, 7) is 0. The van der Waals surface area contributed by atoms with Crippen molar-refractivity contribution in [2.75, 3.05) is 11.1 Å². The van der Waals surface area contributed by atoms with Crippen molar-refractivity contribution in [2.45, 2.75) is 6.18 Å². The van der Waals surface area contributed by atoms with Crippen LogP contribution in [0.3, 0.4) is 0 Å². The van der Waals surface area contributed by atoms with Crippen LogP contribution in [0.5, 0.6) is 0 Å². The lowest BCUT2D eigenvalue weighted by Gasteiger charge is -2.11.